The molecule has 0 unspecified atom stereocenters. The molecule has 0 saturated heterocycles. The van der Waals surface area contributed by atoms with Gasteiger partial charge in [-0.05, 0) is 46.6 Å². The van der Waals surface area contributed by atoms with E-state index in [-0.39, 0.29) is 5.91 Å². The van der Waals surface area contributed by atoms with Crippen molar-refractivity contribution >= 4 is 39.1 Å². The molecule has 0 fully saturated rings. The first-order valence-corrected chi connectivity index (χ1v) is 6.94. The summed E-state index contributed by atoms with van der Waals surface area (Å²) in [6.07, 6.45) is 3.09. The number of hydrogen-bond donors (Lipinski definition) is 1. The molecule has 1 aromatic carbocycles. The second kappa shape index (κ2) is 6.63. The predicted octanol–water partition coefficient (Wildman–Crippen LogP) is 3.65. The summed E-state index contributed by atoms with van der Waals surface area (Å²) in [5, 5.41) is 4.72. The fourth-order valence-corrected chi connectivity index (χ4v) is 1.98. The van der Waals surface area contributed by atoms with Crippen LogP contribution in [0.2, 0.25) is 5.02 Å². The number of hydrogen-bond acceptors (Lipinski definition) is 3. The van der Waals surface area contributed by atoms with Crippen molar-refractivity contribution in [3.63, 3.8) is 0 Å². The lowest BCUT2D eigenvalue weighted by atomic mass is 10.1. The molecule has 2 rings (SSSR count). The van der Waals surface area contributed by atoms with Crippen molar-refractivity contribution in [3.8, 4) is 0 Å². The van der Waals surface area contributed by atoms with E-state index in [9.17, 15) is 4.79 Å². The maximum atomic E-state index is 11.9. The third-order valence-electron chi connectivity index (χ3n) is 2.55. The van der Waals surface area contributed by atoms with Gasteiger partial charge in [0, 0.05) is 21.9 Å². The summed E-state index contributed by atoms with van der Waals surface area (Å²) in [5.74, 6) is -0.313. The number of benzene rings is 1. The van der Waals surface area contributed by atoms with E-state index in [1.165, 1.54) is 6.20 Å². The van der Waals surface area contributed by atoms with E-state index >= 15 is 0 Å². The number of nitrogens with zero attached hydrogens (tertiary/aromatic N) is 2. The molecule has 1 aromatic heterocycles. The lowest BCUT2D eigenvalue weighted by molar-refractivity contribution is 0.0954. The molecule has 102 valence electrons. The highest BCUT2D eigenvalue weighted by Gasteiger charge is 2.06. The lowest BCUT2D eigenvalue weighted by Crippen LogP contribution is -2.19. The van der Waals surface area contributed by atoms with Crippen molar-refractivity contribution in [1.82, 2.24) is 10.4 Å². The minimum absolute atomic E-state index is 0.313. The summed E-state index contributed by atoms with van der Waals surface area (Å²) >= 11 is 9.08. The van der Waals surface area contributed by atoms with Gasteiger partial charge in [-0.1, -0.05) is 23.7 Å². The number of nitrogens with one attached hydrogen (secondary N) is 1. The Hall–Kier alpha value is -1.72. The molecule has 0 spiro atoms. The minimum atomic E-state index is -0.313. The van der Waals surface area contributed by atoms with Gasteiger partial charge in [0.1, 0.15) is 0 Å². The molecule has 1 N–H and O–H groups in total. The second-order valence-corrected chi connectivity index (χ2v) is 5.39. The zero-order valence-corrected chi connectivity index (χ0v) is 12.9. The normalized spacial score (nSPS) is 11.2. The summed E-state index contributed by atoms with van der Waals surface area (Å²) in [6, 6.07) is 8.91. The lowest BCUT2D eigenvalue weighted by Gasteiger charge is -2.03. The number of amides is 1. The summed E-state index contributed by atoms with van der Waals surface area (Å²) in [5.41, 5.74) is 4.51. The van der Waals surface area contributed by atoms with Gasteiger partial charge < -0.3 is 0 Å². The quantitative estimate of drug-likeness (QED) is 0.677. The maximum Gasteiger partial charge on any atom is 0.272 e. The van der Waals surface area contributed by atoms with Crippen LogP contribution in [0, 0.1) is 0 Å². The van der Waals surface area contributed by atoms with Crippen molar-refractivity contribution < 1.29 is 4.79 Å². The highest BCUT2D eigenvalue weighted by atomic mass is 79.9. The van der Waals surface area contributed by atoms with Gasteiger partial charge in [0.15, 0.2) is 0 Å². The molecule has 2 aromatic rings. The van der Waals surface area contributed by atoms with Crippen LogP contribution in [0.3, 0.4) is 0 Å². The summed E-state index contributed by atoms with van der Waals surface area (Å²) in [4.78, 5) is 15.8. The van der Waals surface area contributed by atoms with Gasteiger partial charge in [-0.25, -0.2) is 5.43 Å². The Kier molecular flexibility index (Phi) is 4.87. The molecule has 0 aliphatic heterocycles. The van der Waals surface area contributed by atoms with Crippen molar-refractivity contribution in [1.29, 1.82) is 0 Å². The zero-order valence-electron chi connectivity index (χ0n) is 10.6. The SMILES string of the molecule is C/C(=N\NC(=O)c1cncc(Br)c1)c1ccc(Cl)cc1. The van der Waals surface area contributed by atoms with Gasteiger partial charge in [-0.2, -0.15) is 5.10 Å². The van der Waals surface area contributed by atoms with E-state index in [1.807, 2.05) is 19.1 Å². The molecule has 0 radical (unpaired) electrons. The smallest absolute Gasteiger partial charge is 0.267 e. The fraction of sp³-hybridized carbons (Fsp3) is 0.0714. The average Bonchev–Trinajstić information content (AvgIpc) is 2.45. The van der Waals surface area contributed by atoms with E-state index in [1.54, 1.807) is 24.4 Å². The van der Waals surface area contributed by atoms with E-state index in [4.69, 9.17) is 11.6 Å². The molecule has 0 aliphatic carbocycles. The van der Waals surface area contributed by atoms with Gasteiger partial charge in [-0.3, -0.25) is 9.78 Å². The van der Waals surface area contributed by atoms with E-state index < -0.39 is 0 Å². The highest BCUT2D eigenvalue weighted by Crippen LogP contribution is 2.11. The Morgan fingerprint density at radius 2 is 1.95 bits per heavy atom. The molecule has 1 heterocycles. The van der Waals surface area contributed by atoms with Crippen molar-refractivity contribution in [2.75, 3.05) is 0 Å². The third-order valence-corrected chi connectivity index (χ3v) is 3.24. The number of carbonyl (C=O) groups is 1. The number of hydrazone groups is 1. The van der Waals surface area contributed by atoms with Crippen LogP contribution in [0.1, 0.15) is 22.8 Å². The Morgan fingerprint density at radius 3 is 2.60 bits per heavy atom. The molecule has 1 amide bonds. The summed E-state index contributed by atoms with van der Waals surface area (Å²) in [7, 11) is 0. The van der Waals surface area contributed by atoms with Gasteiger partial charge in [0.05, 0.1) is 11.3 Å². The van der Waals surface area contributed by atoms with Crippen molar-refractivity contribution in [2.24, 2.45) is 5.10 Å². The van der Waals surface area contributed by atoms with Crippen LogP contribution in [0.25, 0.3) is 0 Å². The largest absolute Gasteiger partial charge is 0.272 e. The monoisotopic (exact) mass is 351 g/mol. The van der Waals surface area contributed by atoms with Crippen LogP contribution >= 0.6 is 27.5 Å². The molecule has 0 aliphatic rings. The molecule has 0 saturated carbocycles. The van der Waals surface area contributed by atoms with Crippen LogP contribution in [-0.2, 0) is 0 Å². The number of halogens is 2. The summed E-state index contributed by atoms with van der Waals surface area (Å²) in [6.45, 7) is 1.81. The second-order valence-electron chi connectivity index (χ2n) is 4.04. The number of rotatable bonds is 3. The molecular weight excluding hydrogens is 342 g/mol. The Labute approximate surface area is 130 Å². The van der Waals surface area contributed by atoms with Crippen LogP contribution in [0.4, 0.5) is 0 Å². The van der Waals surface area contributed by atoms with Gasteiger partial charge in [0.2, 0.25) is 0 Å². The molecule has 20 heavy (non-hydrogen) atoms. The first kappa shape index (κ1) is 14.7. The number of aromatic nitrogens is 1. The van der Waals surface area contributed by atoms with Crippen LogP contribution < -0.4 is 5.43 Å². The first-order valence-electron chi connectivity index (χ1n) is 5.77. The van der Waals surface area contributed by atoms with Crippen LogP contribution in [0.5, 0.6) is 0 Å². The van der Waals surface area contributed by atoms with Crippen LogP contribution in [0.15, 0.2) is 52.3 Å². The first-order chi connectivity index (χ1) is 9.56. The van der Waals surface area contributed by atoms with Gasteiger partial charge >= 0.3 is 0 Å². The molecule has 4 nitrogen and oxygen atoms in total. The Bertz CT molecular complexity index is 656. The third kappa shape index (κ3) is 3.88. The van der Waals surface area contributed by atoms with E-state index in [2.05, 4.69) is 31.4 Å². The van der Waals surface area contributed by atoms with Gasteiger partial charge in [-0.15, -0.1) is 0 Å². The molecule has 0 atom stereocenters. The van der Waals surface area contributed by atoms with Crippen molar-refractivity contribution in [2.45, 2.75) is 6.92 Å². The maximum absolute atomic E-state index is 11.9. The highest BCUT2D eigenvalue weighted by molar-refractivity contribution is 9.10. The summed E-state index contributed by atoms with van der Waals surface area (Å²) < 4.78 is 0.739. The topological polar surface area (TPSA) is 54.4 Å². The zero-order chi connectivity index (χ0) is 14.5. The average molecular weight is 353 g/mol. The van der Waals surface area contributed by atoms with Crippen molar-refractivity contribution in [3.05, 3.63) is 63.3 Å². The molecular formula is C14H11BrClN3O. The Balaban J connectivity index is 2.08. The van der Waals surface area contributed by atoms with E-state index in [0.717, 1.165) is 10.0 Å². The molecule has 6 heteroatoms. The van der Waals surface area contributed by atoms with Gasteiger partial charge in [0.25, 0.3) is 5.91 Å². The number of carbonyl (C=O) groups excluding carboxylic acids is 1. The Morgan fingerprint density at radius 1 is 1.25 bits per heavy atom. The van der Waals surface area contributed by atoms with E-state index in [0.29, 0.717) is 16.3 Å². The molecule has 0 bridgehead atoms. The number of pyridine rings is 1. The predicted molar refractivity (Wildman–Crippen MR) is 83.1 cm³/mol. The standard InChI is InChI=1S/C14H11BrClN3O/c1-9(10-2-4-13(16)5-3-10)18-19-14(20)11-6-12(15)8-17-7-11/h2-8H,1H3,(H,19,20)/b18-9+. The fourth-order valence-electron chi connectivity index (χ4n) is 1.49. The minimum Gasteiger partial charge on any atom is -0.267 e. The van der Waals surface area contributed by atoms with Crippen LogP contribution in [-0.4, -0.2) is 16.6 Å².